The molecule has 1 rings (SSSR count). The summed E-state index contributed by atoms with van der Waals surface area (Å²) in [7, 11) is 0. The van der Waals surface area contributed by atoms with E-state index in [1.807, 2.05) is 0 Å². The molecule has 34 heavy (non-hydrogen) atoms. The summed E-state index contributed by atoms with van der Waals surface area (Å²) in [6.07, 6.45) is -7.82. The van der Waals surface area contributed by atoms with Gasteiger partial charge in [0.15, 0.2) is 0 Å². The van der Waals surface area contributed by atoms with Gasteiger partial charge in [-0.1, -0.05) is 28.1 Å². The first kappa shape index (κ1) is 30.2. The lowest BCUT2D eigenvalue weighted by Crippen LogP contribution is -2.75. The normalized spacial score (nSPS) is 15.5. The minimum atomic E-state index is -8.73. The van der Waals surface area contributed by atoms with Gasteiger partial charge in [-0.25, -0.2) is 0 Å². The first-order valence-electron chi connectivity index (χ1n) is 7.68. The second kappa shape index (κ2) is 8.11. The van der Waals surface area contributed by atoms with E-state index in [4.69, 9.17) is 0 Å². The van der Waals surface area contributed by atoms with Gasteiger partial charge in [0, 0.05) is 10.0 Å². The van der Waals surface area contributed by atoms with Gasteiger partial charge in [-0.05, 0) is 12.1 Å². The predicted molar refractivity (Wildman–Crippen MR) is 79.2 cm³/mol. The van der Waals surface area contributed by atoms with Crippen LogP contribution in [0.25, 0.3) is 0 Å². The third-order valence-electron chi connectivity index (χ3n) is 4.11. The van der Waals surface area contributed by atoms with Crippen molar-refractivity contribution in [2.24, 2.45) is 0 Å². The Bertz CT molecular complexity index is 916. The number of alkyl halides is 17. The number of hydrogen-bond donors (Lipinski definition) is 0. The van der Waals surface area contributed by atoms with Gasteiger partial charge in [0.05, 0.1) is 0 Å². The second-order valence-electron chi connectivity index (χ2n) is 6.35. The molecular formula is C15H4BrF17O. The van der Waals surface area contributed by atoms with Crippen molar-refractivity contribution < 1.29 is 79.4 Å². The van der Waals surface area contributed by atoms with Gasteiger partial charge in [0.2, 0.25) is 5.78 Å². The van der Waals surface area contributed by atoms with Gasteiger partial charge >= 0.3 is 47.6 Å². The van der Waals surface area contributed by atoms with Gasteiger partial charge < -0.3 is 0 Å². The highest BCUT2D eigenvalue weighted by Gasteiger charge is 2.95. The molecule has 0 aliphatic heterocycles. The van der Waals surface area contributed by atoms with Crippen molar-refractivity contribution in [1.29, 1.82) is 0 Å². The molecule has 0 N–H and O–H groups in total. The van der Waals surface area contributed by atoms with Gasteiger partial charge in [-0.3, -0.25) is 4.79 Å². The topological polar surface area (TPSA) is 17.1 Å². The molecule has 1 nitrogen and oxygen atoms in total. The van der Waals surface area contributed by atoms with Crippen LogP contribution in [0.1, 0.15) is 10.4 Å². The number of carbonyl (C=O) groups excluding carboxylic acids is 1. The molecule has 0 saturated heterocycles. The lowest BCUT2D eigenvalue weighted by atomic mass is 9.87. The van der Waals surface area contributed by atoms with Crippen molar-refractivity contribution in [3.8, 4) is 0 Å². The fourth-order valence-corrected chi connectivity index (χ4v) is 2.35. The first-order chi connectivity index (χ1) is 14.7. The van der Waals surface area contributed by atoms with Crippen LogP contribution in [0.4, 0.5) is 74.6 Å². The summed E-state index contributed by atoms with van der Waals surface area (Å²) in [5.41, 5.74) is -1.63. The molecule has 0 aliphatic carbocycles. The maximum absolute atomic E-state index is 13.8. The largest absolute Gasteiger partial charge is 0.460 e. The third-order valence-corrected chi connectivity index (χ3v) is 4.64. The molecule has 0 aromatic heterocycles. The maximum atomic E-state index is 13.8. The fraction of sp³-hybridized carbons (Fsp3) is 0.533. The van der Waals surface area contributed by atoms with Crippen LogP contribution in [0.3, 0.4) is 0 Å². The van der Waals surface area contributed by atoms with Crippen LogP contribution in [0, 0.1) is 0 Å². The maximum Gasteiger partial charge on any atom is 0.460 e. The highest BCUT2D eigenvalue weighted by Crippen LogP contribution is 2.64. The Morgan fingerprint density at radius 3 is 1.12 bits per heavy atom. The summed E-state index contributed by atoms with van der Waals surface area (Å²) in [6.45, 7) is 0. The highest BCUT2D eigenvalue weighted by atomic mass is 79.9. The minimum absolute atomic E-state index is 0.0524. The molecule has 0 fully saturated rings. The number of ketones is 1. The van der Waals surface area contributed by atoms with E-state index in [1.54, 1.807) is 0 Å². The Hall–Kier alpha value is -1.82. The van der Waals surface area contributed by atoms with Crippen molar-refractivity contribution in [2.75, 3.05) is 0 Å². The lowest BCUT2D eigenvalue weighted by Gasteiger charge is -2.42. The van der Waals surface area contributed by atoms with E-state index >= 15 is 0 Å². The minimum Gasteiger partial charge on any atom is -0.287 e. The summed E-state index contributed by atoms with van der Waals surface area (Å²) in [5.74, 6) is -61.4. The molecule has 1 aromatic carbocycles. The van der Waals surface area contributed by atoms with Crippen molar-refractivity contribution in [2.45, 2.75) is 47.6 Å². The number of hydrogen-bond acceptors (Lipinski definition) is 1. The predicted octanol–water partition coefficient (Wildman–Crippen LogP) is 7.64. The number of rotatable bonds is 8. The van der Waals surface area contributed by atoms with Gasteiger partial charge in [-0.15, -0.1) is 0 Å². The van der Waals surface area contributed by atoms with Crippen molar-refractivity contribution in [3.63, 3.8) is 0 Å². The van der Waals surface area contributed by atoms with Gasteiger partial charge in [0.25, 0.3) is 0 Å². The standard InChI is InChI=1S/C15H4BrF17O/c16-6-3-1-5(2-4-6)7(34)8(17,18)9(19,20)10(21,22)11(23,24)12(25,26)13(27,28)14(29,30)15(31,32)33/h1-4H. The Morgan fingerprint density at radius 2 is 0.794 bits per heavy atom. The molecule has 196 valence electrons. The van der Waals surface area contributed by atoms with Crippen molar-refractivity contribution >= 4 is 21.7 Å². The van der Waals surface area contributed by atoms with E-state index in [-0.39, 0.29) is 16.6 Å². The summed E-state index contributed by atoms with van der Waals surface area (Å²) in [6, 6.07) is 1.70. The highest BCUT2D eigenvalue weighted by molar-refractivity contribution is 9.10. The molecule has 0 saturated carbocycles. The zero-order chi connectivity index (χ0) is 27.6. The molecule has 0 radical (unpaired) electrons. The monoisotopic (exact) mass is 602 g/mol. The molecule has 0 unspecified atom stereocenters. The quantitative estimate of drug-likeness (QED) is 0.221. The van der Waals surface area contributed by atoms with Crippen molar-refractivity contribution in [1.82, 2.24) is 0 Å². The summed E-state index contributed by atoms with van der Waals surface area (Å²) >= 11 is 2.65. The summed E-state index contributed by atoms with van der Waals surface area (Å²) in [5, 5.41) is 0. The van der Waals surface area contributed by atoms with Crippen LogP contribution in [0.15, 0.2) is 28.7 Å². The van der Waals surface area contributed by atoms with E-state index in [2.05, 4.69) is 15.9 Å². The average Bonchev–Trinajstić information content (AvgIpc) is 2.66. The zero-order valence-corrected chi connectivity index (χ0v) is 16.6. The Kier molecular flexibility index (Phi) is 7.21. The molecular weight excluding hydrogens is 599 g/mol. The van der Waals surface area contributed by atoms with Crippen LogP contribution in [0.2, 0.25) is 0 Å². The molecule has 19 heteroatoms. The van der Waals surface area contributed by atoms with E-state index in [1.165, 1.54) is 0 Å². The summed E-state index contributed by atoms with van der Waals surface area (Å²) < 4.78 is 224. The molecule has 0 atom stereocenters. The van der Waals surface area contributed by atoms with Crippen LogP contribution < -0.4 is 0 Å². The lowest BCUT2D eigenvalue weighted by molar-refractivity contribution is -0.459. The third kappa shape index (κ3) is 3.90. The average molecular weight is 603 g/mol. The molecule has 1 aromatic rings. The van der Waals surface area contributed by atoms with Crippen LogP contribution in [-0.4, -0.2) is 53.4 Å². The van der Waals surface area contributed by atoms with E-state index in [0.717, 1.165) is 0 Å². The number of halogens is 18. The second-order valence-corrected chi connectivity index (χ2v) is 7.27. The van der Waals surface area contributed by atoms with Gasteiger partial charge in [-0.2, -0.15) is 74.6 Å². The molecule has 0 bridgehead atoms. The van der Waals surface area contributed by atoms with Crippen molar-refractivity contribution in [3.05, 3.63) is 34.3 Å². The number of carbonyl (C=O) groups is 1. The number of Topliss-reactive ketones (excluding diaryl/α,β-unsaturated/α-hetero) is 1. The molecule has 0 aliphatic rings. The Labute approximate surface area is 184 Å². The molecule has 0 amide bonds. The zero-order valence-electron chi connectivity index (χ0n) is 15.0. The Balaban J connectivity index is 3.68. The van der Waals surface area contributed by atoms with Crippen LogP contribution in [-0.2, 0) is 0 Å². The van der Waals surface area contributed by atoms with Crippen LogP contribution in [0.5, 0.6) is 0 Å². The first-order valence-corrected chi connectivity index (χ1v) is 8.47. The van der Waals surface area contributed by atoms with Crippen LogP contribution >= 0.6 is 15.9 Å². The molecule has 0 heterocycles. The molecule has 0 spiro atoms. The van der Waals surface area contributed by atoms with E-state index < -0.39 is 59.0 Å². The smallest absolute Gasteiger partial charge is 0.287 e. The fourth-order valence-electron chi connectivity index (χ4n) is 2.09. The Morgan fingerprint density at radius 1 is 0.500 bits per heavy atom. The van der Waals surface area contributed by atoms with E-state index in [0.29, 0.717) is 12.1 Å². The van der Waals surface area contributed by atoms with E-state index in [9.17, 15) is 79.4 Å². The SMILES string of the molecule is O=C(c1ccc(Br)cc1)C(F)(F)C(F)(F)C(F)(F)C(F)(F)C(F)(F)C(F)(F)C(F)(F)C(F)(F)F. The number of benzene rings is 1. The van der Waals surface area contributed by atoms with Gasteiger partial charge in [0.1, 0.15) is 0 Å². The summed E-state index contributed by atoms with van der Waals surface area (Å²) in [4.78, 5) is 11.5.